The summed E-state index contributed by atoms with van der Waals surface area (Å²) in [5.74, 6) is 0.647. The normalized spacial score (nSPS) is 11.9. The van der Waals surface area contributed by atoms with Crippen molar-refractivity contribution in [2.24, 2.45) is 0 Å². The van der Waals surface area contributed by atoms with Gasteiger partial charge in [-0.1, -0.05) is 130 Å². The van der Waals surface area contributed by atoms with Crippen LogP contribution in [-0.2, 0) is 5.41 Å². The summed E-state index contributed by atoms with van der Waals surface area (Å²) in [6, 6.07) is 56.7. The summed E-state index contributed by atoms with van der Waals surface area (Å²) in [6.45, 7) is 8.79. The maximum Gasteiger partial charge on any atom is 0.227 e. The smallest absolute Gasteiger partial charge is 0.227 e. The molecule has 0 atom stereocenters. The van der Waals surface area contributed by atoms with Crippen molar-refractivity contribution in [2.75, 3.05) is 0 Å². The van der Waals surface area contributed by atoms with Crippen molar-refractivity contribution < 1.29 is 4.42 Å². The molecule has 0 amide bonds. The standard InChI is InChI=1S/C48H38N2O/c1-31-28-35(48(2,3)4)30-43-46(31)51-47(49-43)33-24-22-32(23-25-33)37-16-8-10-18-39(37)40-19-11-9-17-38(40)34-26-27-45-42(29-34)41-20-12-13-21-44(41)50(45)36-14-6-5-7-15-36/h5-30H,1-4H3. The van der Waals surface area contributed by atoms with Crippen molar-refractivity contribution in [2.45, 2.75) is 33.1 Å². The molecule has 9 aromatic rings. The van der Waals surface area contributed by atoms with Gasteiger partial charge in [0.05, 0.1) is 11.0 Å². The van der Waals surface area contributed by atoms with Crippen LogP contribution in [-0.4, -0.2) is 9.55 Å². The van der Waals surface area contributed by atoms with Gasteiger partial charge in [0.1, 0.15) is 5.52 Å². The molecule has 0 fully saturated rings. The van der Waals surface area contributed by atoms with Gasteiger partial charge in [0, 0.05) is 22.0 Å². The van der Waals surface area contributed by atoms with Crippen LogP contribution in [0.3, 0.4) is 0 Å². The van der Waals surface area contributed by atoms with Gasteiger partial charge in [-0.3, -0.25) is 0 Å². The molecular formula is C48H38N2O. The Morgan fingerprint density at radius 2 is 1.08 bits per heavy atom. The number of oxazole rings is 1. The highest BCUT2D eigenvalue weighted by atomic mass is 16.3. The third-order valence-electron chi connectivity index (χ3n) is 10.1. The quantitative estimate of drug-likeness (QED) is 0.184. The Bertz CT molecular complexity index is 2720. The molecule has 7 aromatic carbocycles. The zero-order chi connectivity index (χ0) is 34.7. The van der Waals surface area contributed by atoms with Crippen LogP contribution in [0.5, 0.6) is 0 Å². The lowest BCUT2D eigenvalue weighted by Gasteiger charge is -2.19. The molecule has 2 heterocycles. The van der Waals surface area contributed by atoms with Crippen LogP contribution in [0.25, 0.3) is 83.4 Å². The van der Waals surface area contributed by atoms with E-state index in [0.29, 0.717) is 5.89 Å². The lowest BCUT2D eigenvalue weighted by Crippen LogP contribution is -2.11. The van der Waals surface area contributed by atoms with Gasteiger partial charge in [-0.05, 0) is 105 Å². The van der Waals surface area contributed by atoms with E-state index in [1.165, 1.54) is 55.2 Å². The number of hydrogen-bond acceptors (Lipinski definition) is 2. The van der Waals surface area contributed by atoms with Crippen LogP contribution >= 0.6 is 0 Å². The minimum Gasteiger partial charge on any atom is -0.436 e. The fraction of sp³-hybridized carbons (Fsp3) is 0.104. The first-order valence-corrected chi connectivity index (χ1v) is 17.6. The Labute approximate surface area is 298 Å². The predicted molar refractivity (Wildman–Crippen MR) is 214 cm³/mol. The molecule has 0 radical (unpaired) electrons. The summed E-state index contributed by atoms with van der Waals surface area (Å²) in [5, 5.41) is 2.49. The molecule has 51 heavy (non-hydrogen) atoms. The number of fused-ring (bicyclic) bond motifs is 4. The first-order chi connectivity index (χ1) is 24.8. The Hall–Kier alpha value is -6.19. The topological polar surface area (TPSA) is 31.0 Å². The van der Waals surface area contributed by atoms with Crippen LogP contribution < -0.4 is 0 Å². The van der Waals surface area contributed by atoms with Crippen LogP contribution in [0, 0.1) is 6.92 Å². The number of benzene rings is 7. The maximum atomic E-state index is 6.33. The third kappa shape index (κ3) is 5.34. The molecule has 0 aliphatic rings. The molecule has 3 nitrogen and oxygen atoms in total. The highest BCUT2D eigenvalue weighted by Gasteiger charge is 2.20. The summed E-state index contributed by atoms with van der Waals surface area (Å²) in [6.07, 6.45) is 0. The maximum absolute atomic E-state index is 6.33. The van der Waals surface area contributed by atoms with Gasteiger partial charge in [0.15, 0.2) is 5.58 Å². The minimum atomic E-state index is 0.0429. The summed E-state index contributed by atoms with van der Waals surface area (Å²) in [7, 11) is 0. The molecule has 0 aliphatic carbocycles. The van der Waals surface area contributed by atoms with Gasteiger partial charge in [-0.15, -0.1) is 0 Å². The largest absolute Gasteiger partial charge is 0.436 e. The number of aryl methyl sites for hydroxylation is 1. The van der Waals surface area contributed by atoms with Gasteiger partial charge >= 0.3 is 0 Å². The number of rotatable bonds is 5. The average molecular weight is 659 g/mol. The van der Waals surface area contributed by atoms with E-state index in [1.54, 1.807) is 0 Å². The van der Waals surface area contributed by atoms with E-state index in [4.69, 9.17) is 9.40 Å². The number of para-hydroxylation sites is 2. The van der Waals surface area contributed by atoms with Crippen LogP contribution in [0.1, 0.15) is 31.9 Å². The fourth-order valence-electron chi connectivity index (χ4n) is 7.48. The highest BCUT2D eigenvalue weighted by Crippen LogP contribution is 2.41. The van der Waals surface area contributed by atoms with E-state index in [9.17, 15) is 0 Å². The van der Waals surface area contributed by atoms with E-state index < -0.39 is 0 Å². The molecule has 3 heteroatoms. The number of hydrogen-bond donors (Lipinski definition) is 0. The Kier molecular flexibility index (Phi) is 7.25. The van der Waals surface area contributed by atoms with E-state index in [2.05, 4.69) is 190 Å². The van der Waals surface area contributed by atoms with Crippen LogP contribution in [0.2, 0.25) is 0 Å². The average Bonchev–Trinajstić information content (AvgIpc) is 3.75. The molecule has 2 aromatic heterocycles. The molecule has 0 saturated carbocycles. The first kappa shape index (κ1) is 30.8. The Morgan fingerprint density at radius 1 is 0.510 bits per heavy atom. The van der Waals surface area contributed by atoms with Crippen molar-refractivity contribution in [3.63, 3.8) is 0 Å². The van der Waals surface area contributed by atoms with Gasteiger partial charge in [0.2, 0.25) is 5.89 Å². The van der Waals surface area contributed by atoms with Gasteiger partial charge in [0.25, 0.3) is 0 Å². The molecule has 0 unspecified atom stereocenters. The number of aromatic nitrogens is 2. The van der Waals surface area contributed by atoms with E-state index >= 15 is 0 Å². The second kappa shape index (κ2) is 12.0. The minimum absolute atomic E-state index is 0.0429. The van der Waals surface area contributed by atoms with Crippen LogP contribution in [0.15, 0.2) is 162 Å². The lowest BCUT2D eigenvalue weighted by molar-refractivity contribution is 0.589. The molecule has 9 rings (SSSR count). The molecule has 0 bridgehead atoms. The van der Waals surface area contributed by atoms with E-state index in [0.717, 1.165) is 33.5 Å². The van der Waals surface area contributed by atoms with Crippen molar-refractivity contribution in [3.05, 3.63) is 169 Å². The molecule has 0 spiro atoms. The SMILES string of the molecule is Cc1cc(C(C)(C)C)cc2nc(-c3ccc(-c4ccccc4-c4ccccc4-c4ccc5c(c4)c4ccccc4n5-c4ccccc4)cc3)oc12. The van der Waals surface area contributed by atoms with Crippen molar-refractivity contribution in [1.29, 1.82) is 0 Å². The van der Waals surface area contributed by atoms with E-state index in [-0.39, 0.29) is 5.41 Å². The monoisotopic (exact) mass is 658 g/mol. The van der Waals surface area contributed by atoms with Crippen molar-refractivity contribution in [1.82, 2.24) is 9.55 Å². The predicted octanol–water partition coefficient (Wildman–Crippen LogP) is 13.2. The van der Waals surface area contributed by atoms with Gasteiger partial charge in [-0.2, -0.15) is 0 Å². The Morgan fingerprint density at radius 3 is 1.78 bits per heavy atom. The zero-order valence-electron chi connectivity index (χ0n) is 29.3. The van der Waals surface area contributed by atoms with E-state index in [1.807, 2.05) is 0 Å². The third-order valence-corrected chi connectivity index (χ3v) is 10.1. The second-order valence-electron chi connectivity index (χ2n) is 14.5. The van der Waals surface area contributed by atoms with Crippen LogP contribution in [0.4, 0.5) is 0 Å². The lowest BCUT2D eigenvalue weighted by atomic mass is 9.86. The molecule has 246 valence electrons. The highest BCUT2D eigenvalue weighted by molar-refractivity contribution is 6.11. The van der Waals surface area contributed by atoms with Gasteiger partial charge < -0.3 is 8.98 Å². The molecule has 0 N–H and O–H groups in total. The summed E-state index contributed by atoms with van der Waals surface area (Å²) >= 11 is 0. The van der Waals surface area contributed by atoms with Crippen molar-refractivity contribution in [3.8, 4) is 50.5 Å². The molecule has 0 aliphatic heterocycles. The number of nitrogens with zero attached hydrogens (tertiary/aromatic N) is 2. The summed E-state index contributed by atoms with van der Waals surface area (Å²) < 4.78 is 8.69. The van der Waals surface area contributed by atoms with Gasteiger partial charge in [-0.25, -0.2) is 4.98 Å². The second-order valence-corrected chi connectivity index (χ2v) is 14.5. The summed E-state index contributed by atoms with van der Waals surface area (Å²) in [4.78, 5) is 4.92. The first-order valence-electron chi connectivity index (χ1n) is 17.6. The molecule has 0 saturated heterocycles. The Balaban J connectivity index is 1.11. The zero-order valence-corrected chi connectivity index (χ0v) is 29.3. The summed E-state index contributed by atoms with van der Waals surface area (Å²) in [5.41, 5.74) is 15.8. The molecular weight excluding hydrogens is 621 g/mol. The fourth-order valence-corrected chi connectivity index (χ4v) is 7.48. The van der Waals surface area contributed by atoms with Crippen molar-refractivity contribution >= 4 is 32.9 Å².